The van der Waals surface area contributed by atoms with Crippen LogP contribution in [0.5, 0.6) is 11.5 Å². The fourth-order valence-corrected chi connectivity index (χ4v) is 2.31. The Bertz CT molecular complexity index is 679. The van der Waals surface area contributed by atoms with Gasteiger partial charge in [0.15, 0.2) is 0 Å². The van der Waals surface area contributed by atoms with Crippen molar-refractivity contribution in [1.29, 1.82) is 0 Å². The zero-order chi connectivity index (χ0) is 18.0. The zero-order valence-electron chi connectivity index (χ0n) is 14.0. The molecule has 2 N–H and O–H groups in total. The summed E-state index contributed by atoms with van der Waals surface area (Å²) >= 11 is 3.14. The fourth-order valence-electron chi connectivity index (χ4n) is 1.95. The Balaban J connectivity index is 0.000000219. The van der Waals surface area contributed by atoms with Crippen molar-refractivity contribution in [2.75, 3.05) is 0 Å². The highest BCUT2D eigenvalue weighted by molar-refractivity contribution is 9.10. The van der Waals surface area contributed by atoms with Gasteiger partial charge in [-0.3, -0.25) is 9.97 Å². The number of hydrogen-bond donors (Lipinski definition) is 2. The summed E-state index contributed by atoms with van der Waals surface area (Å²) in [5.41, 5.74) is -0.00893. The Morgan fingerprint density at radius 1 is 0.875 bits per heavy atom. The lowest BCUT2D eigenvalue weighted by atomic mass is 9.80. The second-order valence-corrected chi connectivity index (χ2v) is 7.34. The zero-order valence-corrected chi connectivity index (χ0v) is 15.6. The number of pyridine rings is 2. The molecule has 2 aromatic rings. The van der Waals surface area contributed by atoms with E-state index >= 15 is 0 Å². The Labute approximate surface area is 150 Å². The lowest BCUT2D eigenvalue weighted by Crippen LogP contribution is -2.41. The predicted molar refractivity (Wildman–Crippen MR) is 95.2 cm³/mol. The highest BCUT2D eigenvalue weighted by Gasteiger charge is 2.51. The van der Waals surface area contributed by atoms with Crippen LogP contribution in [-0.4, -0.2) is 38.5 Å². The fraction of sp³-hybridized carbons (Fsp3) is 0.375. The molecule has 1 aliphatic heterocycles. The molecular weight excluding hydrogens is 375 g/mol. The van der Waals surface area contributed by atoms with Gasteiger partial charge in [0.2, 0.25) is 0 Å². The normalized spacial score (nSPS) is 18.0. The molecule has 0 saturated carbocycles. The van der Waals surface area contributed by atoms with Gasteiger partial charge < -0.3 is 19.5 Å². The van der Waals surface area contributed by atoms with Gasteiger partial charge in [-0.25, -0.2) is 0 Å². The van der Waals surface area contributed by atoms with Crippen LogP contribution in [0, 0.1) is 0 Å². The molecule has 0 radical (unpaired) electrons. The molecule has 0 atom stereocenters. The summed E-state index contributed by atoms with van der Waals surface area (Å²) in [5.74, 6) is 0.298. The number of halogens is 1. The van der Waals surface area contributed by atoms with Crippen LogP contribution in [-0.2, 0) is 9.31 Å². The third kappa shape index (κ3) is 4.46. The molecule has 2 aromatic heterocycles. The summed E-state index contributed by atoms with van der Waals surface area (Å²) in [6, 6.07) is 3.18. The van der Waals surface area contributed by atoms with Crippen LogP contribution in [0.2, 0.25) is 0 Å². The minimum absolute atomic E-state index is 0.118. The van der Waals surface area contributed by atoms with Gasteiger partial charge in [-0.1, -0.05) is 0 Å². The average molecular weight is 395 g/mol. The van der Waals surface area contributed by atoms with E-state index in [0.29, 0.717) is 0 Å². The van der Waals surface area contributed by atoms with Crippen molar-refractivity contribution in [3.05, 3.63) is 41.4 Å². The molecule has 24 heavy (non-hydrogen) atoms. The molecule has 0 spiro atoms. The SMILES string of the molecule is CC1(C)OB(c2cncc(O)c2)OC1(C)C.Oc1cncc(Br)c1. The Hall–Kier alpha value is -1.64. The van der Waals surface area contributed by atoms with Gasteiger partial charge in [-0.2, -0.15) is 0 Å². The molecule has 3 rings (SSSR count). The van der Waals surface area contributed by atoms with Gasteiger partial charge in [0.1, 0.15) is 11.5 Å². The van der Waals surface area contributed by atoms with E-state index in [0.717, 1.165) is 9.94 Å². The highest BCUT2D eigenvalue weighted by Crippen LogP contribution is 2.36. The maximum absolute atomic E-state index is 9.36. The predicted octanol–water partition coefficient (Wildman–Crippen LogP) is 2.64. The van der Waals surface area contributed by atoms with Gasteiger partial charge in [-0.15, -0.1) is 0 Å². The van der Waals surface area contributed by atoms with Crippen molar-refractivity contribution in [1.82, 2.24) is 9.97 Å². The van der Waals surface area contributed by atoms with Gasteiger partial charge >= 0.3 is 7.12 Å². The summed E-state index contributed by atoms with van der Waals surface area (Å²) in [4.78, 5) is 7.60. The molecule has 0 unspecified atom stereocenters. The van der Waals surface area contributed by atoms with Crippen LogP contribution in [0.25, 0.3) is 0 Å². The van der Waals surface area contributed by atoms with E-state index < -0.39 is 7.12 Å². The smallest absolute Gasteiger partial charge is 0.496 e. The van der Waals surface area contributed by atoms with E-state index in [1.54, 1.807) is 24.5 Å². The first kappa shape index (κ1) is 18.7. The van der Waals surface area contributed by atoms with E-state index in [9.17, 15) is 5.11 Å². The Kier molecular flexibility index (Phi) is 5.52. The van der Waals surface area contributed by atoms with Crippen molar-refractivity contribution >= 4 is 28.5 Å². The topological polar surface area (TPSA) is 84.7 Å². The van der Waals surface area contributed by atoms with E-state index in [4.69, 9.17) is 14.4 Å². The maximum Gasteiger partial charge on any atom is 0.496 e. The van der Waals surface area contributed by atoms with E-state index in [1.165, 1.54) is 12.4 Å². The van der Waals surface area contributed by atoms with Crippen LogP contribution in [0.15, 0.2) is 41.4 Å². The minimum Gasteiger partial charge on any atom is -0.506 e. The highest BCUT2D eigenvalue weighted by atomic mass is 79.9. The van der Waals surface area contributed by atoms with Crippen molar-refractivity contribution in [2.24, 2.45) is 0 Å². The van der Waals surface area contributed by atoms with Crippen LogP contribution in [0.1, 0.15) is 27.7 Å². The summed E-state index contributed by atoms with van der Waals surface area (Å²) in [6.07, 6.45) is 6.01. The molecule has 1 saturated heterocycles. The number of aromatic nitrogens is 2. The van der Waals surface area contributed by atoms with Gasteiger partial charge in [0, 0.05) is 22.3 Å². The number of rotatable bonds is 1. The second-order valence-electron chi connectivity index (χ2n) is 6.43. The molecule has 0 bridgehead atoms. The van der Waals surface area contributed by atoms with Gasteiger partial charge in [0.25, 0.3) is 0 Å². The monoisotopic (exact) mass is 394 g/mol. The van der Waals surface area contributed by atoms with Crippen molar-refractivity contribution < 1.29 is 19.5 Å². The standard InChI is InChI=1S/C11H16BNO3.C5H4BrNO/c1-10(2)11(3,4)16-12(15-10)8-5-9(14)7-13-6-8;6-4-1-5(8)3-7-2-4/h5-7,14H,1-4H3;1-3,8H. The van der Waals surface area contributed by atoms with Crippen molar-refractivity contribution in [3.8, 4) is 11.5 Å². The first-order valence-electron chi connectivity index (χ1n) is 7.40. The van der Waals surface area contributed by atoms with Gasteiger partial charge in [-0.05, 0) is 55.8 Å². The van der Waals surface area contributed by atoms with Gasteiger partial charge in [0.05, 0.1) is 23.6 Å². The molecule has 0 aliphatic carbocycles. The lowest BCUT2D eigenvalue weighted by Gasteiger charge is -2.32. The third-order valence-electron chi connectivity index (χ3n) is 3.96. The molecule has 1 fully saturated rings. The lowest BCUT2D eigenvalue weighted by molar-refractivity contribution is 0.00578. The van der Waals surface area contributed by atoms with Crippen LogP contribution < -0.4 is 5.46 Å². The first-order valence-corrected chi connectivity index (χ1v) is 8.19. The average Bonchev–Trinajstić information content (AvgIpc) is 2.68. The second kappa shape index (κ2) is 7.08. The maximum atomic E-state index is 9.36. The molecule has 1 aliphatic rings. The minimum atomic E-state index is -0.468. The number of hydrogen-bond acceptors (Lipinski definition) is 6. The van der Waals surface area contributed by atoms with E-state index in [2.05, 4.69) is 25.9 Å². The molecule has 3 heterocycles. The van der Waals surface area contributed by atoms with E-state index in [1.807, 2.05) is 27.7 Å². The molecule has 6 nitrogen and oxygen atoms in total. The summed E-state index contributed by atoms with van der Waals surface area (Å²) in [6.45, 7) is 7.96. The summed E-state index contributed by atoms with van der Waals surface area (Å²) < 4.78 is 12.5. The van der Waals surface area contributed by atoms with Crippen molar-refractivity contribution in [3.63, 3.8) is 0 Å². The largest absolute Gasteiger partial charge is 0.506 e. The molecule has 0 aromatic carbocycles. The molecular formula is C16H20BBrN2O4. The number of nitrogens with zero attached hydrogens (tertiary/aromatic N) is 2. The Morgan fingerprint density at radius 3 is 1.79 bits per heavy atom. The van der Waals surface area contributed by atoms with Crippen molar-refractivity contribution in [2.45, 2.75) is 38.9 Å². The third-order valence-corrected chi connectivity index (χ3v) is 4.39. The molecule has 8 heteroatoms. The van der Waals surface area contributed by atoms with Crippen LogP contribution in [0.4, 0.5) is 0 Å². The Morgan fingerprint density at radius 2 is 1.38 bits per heavy atom. The van der Waals surface area contributed by atoms with E-state index in [-0.39, 0.29) is 22.7 Å². The first-order chi connectivity index (χ1) is 11.1. The number of aromatic hydroxyl groups is 2. The molecule has 0 amide bonds. The van der Waals surface area contributed by atoms with Crippen LogP contribution >= 0.6 is 15.9 Å². The van der Waals surface area contributed by atoms with Crippen LogP contribution in [0.3, 0.4) is 0 Å². The quantitative estimate of drug-likeness (QED) is 0.723. The summed E-state index contributed by atoms with van der Waals surface area (Å²) in [5, 5.41) is 18.1. The summed E-state index contributed by atoms with van der Waals surface area (Å²) in [7, 11) is -0.468. The molecule has 128 valence electrons.